The van der Waals surface area contributed by atoms with Gasteiger partial charge in [-0.2, -0.15) is 0 Å². The van der Waals surface area contributed by atoms with Crippen LogP contribution in [0.15, 0.2) is 0 Å². The fourth-order valence-corrected chi connectivity index (χ4v) is 2.08. The first-order valence-corrected chi connectivity index (χ1v) is 6.02. The van der Waals surface area contributed by atoms with Crippen LogP contribution >= 0.6 is 0 Å². The molecule has 0 bridgehead atoms. The molecule has 0 aliphatic rings. The second-order valence-electron chi connectivity index (χ2n) is 0.976. The van der Waals surface area contributed by atoms with Gasteiger partial charge in [-0.15, -0.1) is 0 Å². The van der Waals surface area contributed by atoms with Crippen molar-refractivity contribution in [1.29, 1.82) is 0 Å². The molecule has 0 aliphatic carbocycles. The van der Waals surface area contributed by atoms with E-state index in [9.17, 15) is 23.5 Å². The van der Waals surface area contributed by atoms with E-state index in [4.69, 9.17) is 0 Å². The Hall–Kier alpha value is 4.53. The van der Waals surface area contributed by atoms with Crippen LogP contribution in [0.5, 0.6) is 0 Å². The van der Waals surface area contributed by atoms with Crippen molar-refractivity contribution in [1.82, 2.24) is 0 Å². The predicted octanol–water partition coefficient (Wildman–Crippen LogP) is -17.9. The van der Waals surface area contributed by atoms with Gasteiger partial charge in [-0.05, 0) is 0 Å². The molecule has 0 saturated heterocycles. The summed E-state index contributed by atoms with van der Waals surface area (Å²) in [7, 11) is 0. The van der Waals surface area contributed by atoms with Crippen LogP contribution in [0, 0.1) is 0 Å². The van der Waals surface area contributed by atoms with E-state index in [-0.39, 0.29) is 124 Å². The average molecular weight is 324 g/mol. The predicted molar refractivity (Wildman–Crippen MR) is 6.07 cm³/mol. The van der Waals surface area contributed by atoms with Crippen molar-refractivity contribution in [2.45, 2.75) is 0 Å². The van der Waals surface area contributed by atoms with Crippen LogP contribution < -0.4 is 134 Å². The molecular weight excluding hydrogens is 322 g/mol. The summed E-state index contributed by atoms with van der Waals surface area (Å²) in [5, 5.41) is 0. The molecule has 0 spiro atoms. The topological polar surface area (TPSA) is 167 Å². The zero-order valence-corrected chi connectivity index (χ0v) is 19.0. The molecule has 0 radical (unpaired) electrons. The number of rotatable bonds is 2. The van der Waals surface area contributed by atoms with Crippen LogP contribution in [-0.4, -0.2) is 5.48 Å². The van der Waals surface area contributed by atoms with Gasteiger partial charge in [-0.25, -0.2) is 0 Å². The molecule has 0 aromatic rings. The van der Waals surface area contributed by atoms with Crippen molar-refractivity contribution >= 4 is 0 Å². The van der Waals surface area contributed by atoms with Crippen LogP contribution in [0.3, 0.4) is 0 Å². The summed E-state index contributed by atoms with van der Waals surface area (Å²) in [4.78, 5) is 0. The quantitative estimate of drug-likeness (QED) is 0.454. The van der Waals surface area contributed by atoms with Gasteiger partial charge < -0.3 is 5.48 Å². The molecule has 0 rings (SSSR count). The first kappa shape index (κ1) is 36.3. The second-order valence-corrected chi connectivity index (χ2v) is 5.08. The third-order valence-corrected chi connectivity index (χ3v) is 3.40. The van der Waals surface area contributed by atoms with E-state index in [0.29, 0.717) is 0 Å². The van der Waals surface area contributed by atoms with Crippen LogP contribution in [0.1, 0.15) is 0 Å². The van der Waals surface area contributed by atoms with E-state index in [0.717, 1.165) is 0 Å². The summed E-state index contributed by atoms with van der Waals surface area (Å²) >= 11 is -12.4. The normalized spacial score (nSPS) is 8.86. The average Bonchev–Trinajstić information content (AvgIpc) is 1.14. The first-order valence-electron chi connectivity index (χ1n) is 1.46. The van der Waals surface area contributed by atoms with E-state index in [1.807, 2.05) is 0 Å². The number of hydrogen-bond acceptors (Lipinski definition) is 7. The van der Waals surface area contributed by atoms with Gasteiger partial charge in [0.15, 0.2) is 0 Å². The van der Waals surface area contributed by atoms with Crippen LogP contribution in [0.25, 0.3) is 0 Å². The molecule has 14 heteroatoms. The van der Waals surface area contributed by atoms with Crippen molar-refractivity contribution in [3.63, 3.8) is 0 Å². The van der Waals surface area contributed by atoms with E-state index in [1.165, 1.54) is 0 Å². The molecule has 0 saturated carbocycles. The molecule has 0 amide bonds. The third kappa shape index (κ3) is 36.0. The summed E-state index contributed by atoms with van der Waals surface area (Å²) in [6, 6.07) is 0. The molecule has 14 heavy (non-hydrogen) atoms. The Bertz CT molecular complexity index is 160. The minimum atomic E-state index is -6.21. The van der Waals surface area contributed by atoms with Gasteiger partial charge >= 0.3 is 174 Å². The zero-order chi connectivity index (χ0) is 7.71. The van der Waals surface area contributed by atoms with E-state index in [1.54, 1.807) is 0 Å². The second kappa shape index (κ2) is 15.6. The van der Waals surface area contributed by atoms with Crippen molar-refractivity contribution in [2.24, 2.45) is 0 Å². The maximum atomic E-state index is 9.40. The Morgan fingerprint density at radius 2 is 0.857 bits per heavy atom. The minimum absolute atomic E-state index is 0. The van der Waals surface area contributed by atoms with E-state index >= 15 is 0 Å². The summed E-state index contributed by atoms with van der Waals surface area (Å²) in [6.45, 7) is 0. The molecular formula is H2Na4O8V2. The fourth-order valence-electron chi connectivity index (χ4n) is 0.122. The van der Waals surface area contributed by atoms with Crippen molar-refractivity contribution in [3.05, 3.63) is 0 Å². The van der Waals surface area contributed by atoms with E-state index < -0.39 is 30.0 Å². The van der Waals surface area contributed by atoms with E-state index in [2.05, 4.69) is 2.59 Å². The Morgan fingerprint density at radius 1 is 0.714 bits per heavy atom. The molecule has 0 fully saturated rings. The summed E-state index contributed by atoms with van der Waals surface area (Å²) in [5.74, 6) is 0. The van der Waals surface area contributed by atoms with Gasteiger partial charge in [0.1, 0.15) is 0 Å². The SMILES string of the molecule is O.[Na+].[Na+].[Na+].[Na+].[O]=[V]([O-])([O-])[O][V](=[O])([O-])[O-]. The van der Waals surface area contributed by atoms with Gasteiger partial charge in [0, 0.05) is 0 Å². The Labute approximate surface area is 176 Å². The van der Waals surface area contributed by atoms with Crippen molar-refractivity contribution in [3.8, 4) is 0 Å². The Balaban J connectivity index is -0.0000000320. The molecule has 0 unspecified atom stereocenters. The van der Waals surface area contributed by atoms with Crippen molar-refractivity contribution < 1.29 is 180 Å². The monoisotopic (exact) mass is 324 g/mol. The Kier molecular flexibility index (Phi) is 40.4. The molecule has 64 valence electrons. The molecule has 0 aliphatic heterocycles. The standard InChI is InChI=1S/4Na.H2O.7O.2V/h;;;;1H2;;;;;;;;;/q4*+1;;;;;4*-1;;. The summed E-state index contributed by atoms with van der Waals surface area (Å²) in [5.41, 5.74) is 0. The molecule has 0 aromatic carbocycles. The van der Waals surface area contributed by atoms with Gasteiger partial charge in [0.2, 0.25) is 0 Å². The summed E-state index contributed by atoms with van der Waals surface area (Å²) < 4.78 is 59.0. The third-order valence-electron chi connectivity index (χ3n) is 0.200. The molecule has 2 N–H and O–H groups in total. The van der Waals surface area contributed by atoms with Gasteiger partial charge in [-0.1, -0.05) is 0 Å². The Morgan fingerprint density at radius 3 is 0.857 bits per heavy atom. The molecule has 0 atom stereocenters. The maximum absolute atomic E-state index is 9.40. The fraction of sp³-hybridized carbons (Fsp3) is 0. The molecule has 0 heterocycles. The zero-order valence-electron chi connectivity index (χ0n) is 8.25. The first-order chi connectivity index (χ1) is 3.71. The van der Waals surface area contributed by atoms with Crippen LogP contribution in [0.2, 0.25) is 0 Å². The van der Waals surface area contributed by atoms with Crippen molar-refractivity contribution in [2.75, 3.05) is 0 Å². The molecule has 8 nitrogen and oxygen atoms in total. The van der Waals surface area contributed by atoms with Gasteiger partial charge in [-0.3, -0.25) is 0 Å². The number of hydrogen-bond donors (Lipinski definition) is 0. The molecule has 0 aromatic heterocycles. The van der Waals surface area contributed by atoms with Crippen LogP contribution in [-0.2, 0) is 40.0 Å². The summed E-state index contributed by atoms with van der Waals surface area (Å²) in [6.07, 6.45) is 0. The van der Waals surface area contributed by atoms with Gasteiger partial charge in [0.05, 0.1) is 0 Å². The van der Waals surface area contributed by atoms with Gasteiger partial charge in [0.25, 0.3) is 0 Å². The van der Waals surface area contributed by atoms with Crippen LogP contribution in [0.4, 0.5) is 0 Å².